The van der Waals surface area contributed by atoms with Crippen LogP contribution >= 0.6 is 0 Å². The Hall–Kier alpha value is -1.06. The summed E-state index contributed by atoms with van der Waals surface area (Å²) >= 11 is 0. The van der Waals surface area contributed by atoms with Crippen LogP contribution in [-0.4, -0.2) is 22.2 Å². The summed E-state index contributed by atoms with van der Waals surface area (Å²) in [6, 6.07) is 0. The van der Waals surface area contributed by atoms with Gasteiger partial charge in [-0.3, -0.25) is 9.59 Å². The number of carboxylic acid groups (broad SMARTS) is 2. The molecule has 1 fully saturated rings. The molecule has 0 saturated heterocycles. The molecule has 26 heavy (non-hydrogen) atoms. The van der Waals surface area contributed by atoms with Gasteiger partial charge in [0.1, 0.15) is 0 Å². The number of carbonyl (C=O) groups is 2. The predicted octanol–water partition coefficient (Wildman–Crippen LogP) is 7.20. The van der Waals surface area contributed by atoms with Crippen LogP contribution in [0.5, 0.6) is 0 Å². The van der Waals surface area contributed by atoms with E-state index < -0.39 is 11.9 Å². The smallest absolute Gasteiger partial charge is 0.303 e. The second-order valence-electron chi connectivity index (χ2n) is 7.24. The van der Waals surface area contributed by atoms with Crippen LogP contribution in [-0.2, 0) is 9.59 Å². The highest BCUT2D eigenvalue weighted by molar-refractivity contribution is 5.66. The SMILES string of the molecule is C1CCCCC1.CCCCCCCC(=O)O.CCCCCCCC(=O)O. The molecule has 4 heteroatoms. The van der Waals surface area contributed by atoms with Gasteiger partial charge in [-0.05, 0) is 12.8 Å². The third kappa shape index (κ3) is 30.8. The molecule has 0 radical (unpaired) electrons. The number of rotatable bonds is 12. The van der Waals surface area contributed by atoms with Crippen LogP contribution in [0.4, 0.5) is 0 Å². The molecule has 2 N–H and O–H groups in total. The fourth-order valence-corrected chi connectivity index (χ4v) is 2.82. The number of hydrogen-bond donors (Lipinski definition) is 2. The topological polar surface area (TPSA) is 74.6 Å². The number of unbranched alkanes of at least 4 members (excludes halogenated alkanes) is 8. The third-order valence-electron chi connectivity index (χ3n) is 4.49. The van der Waals surface area contributed by atoms with Crippen LogP contribution in [0, 0.1) is 0 Å². The van der Waals surface area contributed by atoms with Gasteiger partial charge < -0.3 is 10.2 Å². The van der Waals surface area contributed by atoms with Crippen LogP contribution in [0.1, 0.15) is 129 Å². The van der Waals surface area contributed by atoms with E-state index in [2.05, 4.69) is 13.8 Å². The average molecular weight is 373 g/mol. The van der Waals surface area contributed by atoms with Crippen molar-refractivity contribution >= 4 is 11.9 Å². The number of carboxylic acids is 2. The summed E-state index contributed by atoms with van der Waals surface area (Å²) in [5.41, 5.74) is 0. The second-order valence-corrected chi connectivity index (χ2v) is 7.24. The molecule has 0 aromatic carbocycles. The summed E-state index contributed by atoms with van der Waals surface area (Å²) in [4.78, 5) is 20.1. The zero-order chi connectivity index (χ0) is 19.9. The van der Waals surface area contributed by atoms with Crippen molar-refractivity contribution in [3.63, 3.8) is 0 Å². The number of hydrogen-bond acceptors (Lipinski definition) is 2. The van der Waals surface area contributed by atoms with E-state index in [0.29, 0.717) is 12.8 Å². The van der Waals surface area contributed by atoms with E-state index in [1.165, 1.54) is 77.0 Å². The van der Waals surface area contributed by atoms with E-state index in [1.54, 1.807) is 0 Å². The zero-order valence-electron chi connectivity index (χ0n) is 17.4. The van der Waals surface area contributed by atoms with E-state index in [-0.39, 0.29) is 0 Å². The van der Waals surface area contributed by atoms with Crippen molar-refractivity contribution in [2.45, 2.75) is 129 Å². The van der Waals surface area contributed by atoms with Gasteiger partial charge in [0.05, 0.1) is 0 Å². The Bertz CT molecular complexity index is 263. The van der Waals surface area contributed by atoms with Crippen LogP contribution in [0.3, 0.4) is 0 Å². The fraction of sp³-hybridized carbons (Fsp3) is 0.909. The molecule has 0 spiro atoms. The first kappa shape index (κ1) is 27.2. The van der Waals surface area contributed by atoms with Gasteiger partial charge in [0.2, 0.25) is 0 Å². The summed E-state index contributed by atoms with van der Waals surface area (Å²) in [6.45, 7) is 4.30. The molecule has 0 bridgehead atoms. The maximum Gasteiger partial charge on any atom is 0.303 e. The highest BCUT2D eigenvalue weighted by Crippen LogP contribution is 2.15. The Kier molecular flexibility index (Phi) is 25.0. The van der Waals surface area contributed by atoms with Gasteiger partial charge in [0.25, 0.3) is 0 Å². The summed E-state index contributed by atoms with van der Waals surface area (Å²) in [7, 11) is 0. The minimum atomic E-state index is -0.670. The monoisotopic (exact) mass is 372 g/mol. The van der Waals surface area contributed by atoms with Gasteiger partial charge in [-0.25, -0.2) is 0 Å². The lowest BCUT2D eigenvalue weighted by atomic mass is 10.0. The van der Waals surface area contributed by atoms with Crippen molar-refractivity contribution in [2.75, 3.05) is 0 Å². The largest absolute Gasteiger partial charge is 0.481 e. The number of aliphatic carboxylic acids is 2. The Morgan fingerprint density at radius 2 is 0.808 bits per heavy atom. The van der Waals surface area contributed by atoms with Gasteiger partial charge in [0, 0.05) is 12.8 Å². The summed E-state index contributed by atoms with van der Waals surface area (Å²) in [5.74, 6) is -1.34. The molecule has 1 aliphatic rings. The molecule has 1 rings (SSSR count). The predicted molar refractivity (Wildman–Crippen MR) is 110 cm³/mol. The zero-order valence-corrected chi connectivity index (χ0v) is 17.4. The first-order valence-corrected chi connectivity index (χ1v) is 11.0. The third-order valence-corrected chi connectivity index (χ3v) is 4.49. The Labute approximate surface area is 161 Å². The van der Waals surface area contributed by atoms with Crippen LogP contribution in [0.15, 0.2) is 0 Å². The molecular formula is C22H44O4. The molecular weight excluding hydrogens is 328 g/mol. The lowest BCUT2D eigenvalue weighted by Crippen LogP contribution is -1.93. The van der Waals surface area contributed by atoms with Crippen molar-refractivity contribution in [1.82, 2.24) is 0 Å². The molecule has 156 valence electrons. The van der Waals surface area contributed by atoms with Crippen molar-refractivity contribution in [3.05, 3.63) is 0 Å². The second kappa shape index (κ2) is 23.9. The summed E-state index contributed by atoms with van der Waals surface area (Å²) in [6.07, 6.45) is 20.8. The van der Waals surface area contributed by atoms with Crippen LogP contribution in [0.2, 0.25) is 0 Å². The molecule has 1 saturated carbocycles. The van der Waals surface area contributed by atoms with E-state index in [9.17, 15) is 9.59 Å². The van der Waals surface area contributed by atoms with Crippen LogP contribution in [0.25, 0.3) is 0 Å². The van der Waals surface area contributed by atoms with Crippen LogP contribution < -0.4 is 0 Å². The van der Waals surface area contributed by atoms with Crippen molar-refractivity contribution in [2.24, 2.45) is 0 Å². The summed E-state index contributed by atoms with van der Waals surface area (Å²) in [5, 5.41) is 16.5. The lowest BCUT2D eigenvalue weighted by molar-refractivity contribution is -0.138. The van der Waals surface area contributed by atoms with E-state index in [0.717, 1.165) is 25.7 Å². The van der Waals surface area contributed by atoms with Gasteiger partial charge >= 0.3 is 11.9 Å². The van der Waals surface area contributed by atoms with Gasteiger partial charge in [-0.2, -0.15) is 0 Å². The Morgan fingerprint density at radius 1 is 0.538 bits per heavy atom. The van der Waals surface area contributed by atoms with E-state index in [4.69, 9.17) is 10.2 Å². The molecule has 0 atom stereocenters. The minimum Gasteiger partial charge on any atom is -0.481 e. The van der Waals surface area contributed by atoms with Crippen molar-refractivity contribution < 1.29 is 19.8 Å². The summed E-state index contributed by atoms with van der Waals surface area (Å²) < 4.78 is 0. The minimum absolute atomic E-state index is 0.337. The van der Waals surface area contributed by atoms with Gasteiger partial charge in [-0.1, -0.05) is 104 Å². The van der Waals surface area contributed by atoms with E-state index >= 15 is 0 Å². The maximum atomic E-state index is 10.0. The molecule has 0 unspecified atom stereocenters. The Morgan fingerprint density at radius 3 is 1.04 bits per heavy atom. The molecule has 0 aromatic heterocycles. The fourth-order valence-electron chi connectivity index (χ4n) is 2.82. The first-order chi connectivity index (χ1) is 12.5. The molecule has 0 heterocycles. The molecule has 0 aromatic rings. The maximum absolute atomic E-state index is 10.0. The highest BCUT2D eigenvalue weighted by atomic mass is 16.4. The Balaban J connectivity index is 0. The average Bonchev–Trinajstić information content (AvgIpc) is 2.63. The van der Waals surface area contributed by atoms with Crippen molar-refractivity contribution in [1.29, 1.82) is 0 Å². The molecule has 0 amide bonds. The molecule has 1 aliphatic carbocycles. The quantitative estimate of drug-likeness (QED) is 0.355. The van der Waals surface area contributed by atoms with Gasteiger partial charge in [-0.15, -0.1) is 0 Å². The van der Waals surface area contributed by atoms with Gasteiger partial charge in [0.15, 0.2) is 0 Å². The highest BCUT2D eigenvalue weighted by Gasteiger charge is 1.96. The normalized spacial score (nSPS) is 13.0. The first-order valence-electron chi connectivity index (χ1n) is 11.0. The van der Waals surface area contributed by atoms with E-state index in [1.807, 2.05) is 0 Å². The molecule has 4 nitrogen and oxygen atoms in total. The lowest BCUT2D eigenvalue weighted by Gasteiger charge is -2.05. The van der Waals surface area contributed by atoms with Crippen molar-refractivity contribution in [3.8, 4) is 0 Å². The molecule has 0 aliphatic heterocycles. The standard InChI is InChI=1S/2C8H16O2.C6H12/c2*1-2-3-4-5-6-7-8(9)10;1-2-4-6-5-3-1/h2*2-7H2,1H3,(H,9,10);1-6H2.